The number of nitrogens with one attached hydrogen (secondary N) is 2. The number of hydrogen-bond donors (Lipinski definition) is 3. The SMILES string of the molecule is CC(=O)Nc1cccc(C(C)N=C(N)NC(C)(C)C)c1. The van der Waals surface area contributed by atoms with Gasteiger partial charge >= 0.3 is 0 Å². The summed E-state index contributed by atoms with van der Waals surface area (Å²) in [4.78, 5) is 15.5. The number of carbonyl (C=O) groups excluding carboxylic acids is 1. The van der Waals surface area contributed by atoms with Crippen LogP contribution >= 0.6 is 0 Å². The fourth-order valence-corrected chi connectivity index (χ4v) is 1.78. The number of hydrogen-bond acceptors (Lipinski definition) is 2. The van der Waals surface area contributed by atoms with Gasteiger partial charge in [-0.1, -0.05) is 12.1 Å². The molecule has 0 bridgehead atoms. The molecule has 0 aliphatic heterocycles. The molecule has 0 aromatic heterocycles. The molecule has 0 aliphatic carbocycles. The summed E-state index contributed by atoms with van der Waals surface area (Å²) in [6.45, 7) is 9.52. The summed E-state index contributed by atoms with van der Waals surface area (Å²) in [6, 6.07) is 7.51. The second-order valence-electron chi connectivity index (χ2n) is 5.87. The molecule has 1 atom stereocenters. The highest BCUT2D eigenvalue weighted by Crippen LogP contribution is 2.20. The lowest BCUT2D eigenvalue weighted by atomic mass is 10.1. The highest BCUT2D eigenvalue weighted by molar-refractivity contribution is 5.88. The van der Waals surface area contributed by atoms with Gasteiger partial charge in [0.25, 0.3) is 0 Å². The van der Waals surface area contributed by atoms with Crippen molar-refractivity contribution in [3.63, 3.8) is 0 Å². The number of rotatable bonds is 3. The van der Waals surface area contributed by atoms with Crippen molar-refractivity contribution in [1.82, 2.24) is 5.32 Å². The van der Waals surface area contributed by atoms with E-state index in [-0.39, 0.29) is 17.5 Å². The highest BCUT2D eigenvalue weighted by Gasteiger charge is 2.11. The Balaban J connectivity index is 2.84. The summed E-state index contributed by atoms with van der Waals surface area (Å²) in [5.41, 5.74) is 7.52. The van der Waals surface area contributed by atoms with Crippen LogP contribution in [0.1, 0.15) is 46.2 Å². The topological polar surface area (TPSA) is 79.5 Å². The Labute approximate surface area is 120 Å². The van der Waals surface area contributed by atoms with E-state index >= 15 is 0 Å². The Morgan fingerprint density at radius 3 is 2.55 bits per heavy atom. The number of nitrogens with two attached hydrogens (primary N) is 1. The van der Waals surface area contributed by atoms with Crippen LogP contribution in [0.5, 0.6) is 0 Å². The average molecular weight is 276 g/mol. The third kappa shape index (κ3) is 5.73. The molecule has 0 aliphatic rings. The maximum absolute atomic E-state index is 11.1. The van der Waals surface area contributed by atoms with E-state index in [4.69, 9.17) is 5.73 Å². The van der Waals surface area contributed by atoms with Crippen LogP contribution in [0.3, 0.4) is 0 Å². The first-order valence-corrected chi connectivity index (χ1v) is 6.66. The third-order valence-electron chi connectivity index (χ3n) is 2.53. The molecule has 0 spiro atoms. The second-order valence-corrected chi connectivity index (χ2v) is 5.87. The molecule has 4 N–H and O–H groups in total. The molecule has 0 saturated carbocycles. The van der Waals surface area contributed by atoms with Crippen molar-refractivity contribution in [1.29, 1.82) is 0 Å². The van der Waals surface area contributed by atoms with E-state index in [2.05, 4.69) is 15.6 Å². The van der Waals surface area contributed by atoms with Crippen LogP contribution in [0.2, 0.25) is 0 Å². The number of anilines is 1. The fraction of sp³-hybridized carbons (Fsp3) is 0.467. The molecule has 1 amide bonds. The Morgan fingerprint density at radius 2 is 2.00 bits per heavy atom. The van der Waals surface area contributed by atoms with Gasteiger partial charge in [0, 0.05) is 18.2 Å². The summed E-state index contributed by atoms with van der Waals surface area (Å²) in [5.74, 6) is 0.321. The molecule has 20 heavy (non-hydrogen) atoms. The second kappa shape index (κ2) is 6.41. The lowest BCUT2D eigenvalue weighted by Crippen LogP contribution is -2.45. The fourth-order valence-electron chi connectivity index (χ4n) is 1.78. The predicted molar refractivity (Wildman–Crippen MR) is 83.7 cm³/mol. The van der Waals surface area contributed by atoms with Crippen molar-refractivity contribution in [2.24, 2.45) is 10.7 Å². The monoisotopic (exact) mass is 276 g/mol. The van der Waals surface area contributed by atoms with Crippen molar-refractivity contribution < 1.29 is 4.79 Å². The van der Waals surface area contributed by atoms with Crippen molar-refractivity contribution in [2.75, 3.05) is 5.32 Å². The standard InChI is InChI=1S/C15H24N4O/c1-10(17-14(16)19-15(3,4)5)12-7-6-8-13(9-12)18-11(2)20/h6-10H,1-5H3,(H,18,20)(H3,16,17,19). The molecule has 0 radical (unpaired) electrons. The number of benzene rings is 1. The van der Waals surface area contributed by atoms with Crippen molar-refractivity contribution in [3.8, 4) is 0 Å². The van der Waals surface area contributed by atoms with Gasteiger partial charge in [0.1, 0.15) is 0 Å². The maximum atomic E-state index is 11.1. The van der Waals surface area contributed by atoms with Crippen LogP contribution in [-0.2, 0) is 4.79 Å². The lowest BCUT2D eigenvalue weighted by molar-refractivity contribution is -0.114. The number of amides is 1. The van der Waals surface area contributed by atoms with E-state index in [1.165, 1.54) is 6.92 Å². The van der Waals surface area contributed by atoms with E-state index < -0.39 is 0 Å². The van der Waals surface area contributed by atoms with E-state index in [0.717, 1.165) is 11.3 Å². The molecule has 0 heterocycles. The molecule has 110 valence electrons. The van der Waals surface area contributed by atoms with Gasteiger partial charge in [-0.3, -0.25) is 4.79 Å². The normalized spacial score (nSPS) is 13.8. The predicted octanol–water partition coefficient (Wildman–Crippen LogP) is 2.41. The smallest absolute Gasteiger partial charge is 0.221 e. The summed E-state index contributed by atoms with van der Waals surface area (Å²) in [5, 5.41) is 5.88. The Bertz CT molecular complexity index is 503. The molecular formula is C15H24N4O. The minimum atomic E-state index is -0.120. The number of aliphatic imine (C=N–C) groups is 1. The van der Waals surface area contributed by atoms with Gasteiger partial charge in [0.2, 0.25) is 5.91 Å². The molecule has 0 fully saturated rings. The van der Waals surface area contributed by atoms with Crippen LogP contribution in [0.25, 0.3) is 0 Å². The van der Waals surface area contributed by atoms with Gasteiger partial charge in [-0.2, -0.15) is 0 Å². The number of carbonyl (C=O) groups is 1. The number of nitrogens with zero attached hydrogens (tertiary/aromatic N) is 1. The molecule has 1 aromatic rings. The lowest BCUT2D eigenvalue weighted by Gasteiger charge is -2.22. The summed E-state index contributed by atoms with van der Waals surface area (Å²) in [7, 11) is 0. The van der Waals surface area contributed by atoms with E-state index in [0.29, 0.717) is 5.96 Å². The van der Waals surface area contributed by atoms with Crippen molar-refractivity contribution in [3.05, 3.63) is 29.8 Å². The van der Waals surface area contributed by atoms with Crippen molar-refractivity contribution in [2.45, 2.75) is 46.2 Å². The molecular weight excluding hydrogens is 252 g/mol. The van der Waals surface area contributed by atoms with Gasteiger partial charge in [-0.15, -0.1) is 0 Å². The van der Waals surface area contributed by atoms with Gasteiger partial charge < -0.3 is 16.4 Å². The summed E-state index contributed by atoms with van der Waals surface area (Å²) in [6.07, 6.45) is 0. The number of guanidine groups is 1. The van der Waals surface area contributed by atoms with Crippen molar-refractivity contribution >= 4 is 17.6 Å². The highest BCUT2D eigenvalue weighted by atomic mass is 16.1. The van der Waals surface area contributed by atoms with Crippen LogP contribution in [0, 0.1) is 0 Å². The largest absolute Gasteiger partial charge is 0.370 e. The van der Waals surface area contributed by atoms with Gasteiger partial charge in [0.05, 0.1) is 6.04 Å². The van der Waals surface area contributed by atoms with Gasteiger partial charge in [-0.25, -0.2) is 4.99 Å². The maximum Gasteiger partial charge on any atom is 0.221 e. The van der Waals surface area contributed by atoms with E-state index in [9.17, 15) is 4.79 Å². The average Bonchev–Trinajstić information content (AvgIpc) is 2.25. The first kappa shape index (κ1) is 16.0. The zero-order valence-corrected chi connectivity index (χ0v) is 12.8. The minimum absolute atomic E-state index is 0.0847. The Hall–Kier alpha value is -2.04. The third-order valence-corrected chi connectivity index (χ3v) is 2.53. The van der Waals surface area contributed by atoms with Crippen LogP contribution in [-0.4, -0.2) is 17.4 Å². The van der Waals surface area contributed by atoms with Crippen LogP contribution < -0.4 is 16.4 Å². The summed E-state index contributed by atoms with van der Waals surface area (Å²) >= 11 is 0. The first-order chi connectivity index (χ1) is 9.17. The molecule has 1 rings (SSSR count). The zero-order valence-electron chi connectivity index (χ0n) is 12.8. The minimum Gasteiger partial charge on any atom is -0.370 e. The molecule has 1 unspecified atom stereocenters. The molecule has 0 saturated heterocycles. The van der Waals surface area contributed by atoms with Gasteiger partial charge in [-0.05, 0) is 45.4 Å². The molecule has 5 nitrogen and oxygen atoms in total. The molecule has 5 heteroatoms. The Kier molecular flexibility index (Phi) is 5.13. The van der Waals surface area contributed by atoms with Crippen LogP contribution in [0.4, 0.5) is 5.69 Å². The Morgan fingerprint density at radius 1 is 1.35 bits per heavy atom. The van der Waals surface area contributed by atoms with Gasteiger partial charge in [0.15, 0.2) is 5.96 Å². The quantitative estimate of drug-likeness (QED) is 0.586. The van der Waals surface area contributed by atoms with E-state index in [1.807, 2.05) is 52.0 Å². The summed E-state index contributed by atoms with van der Waals surface area (Å²) < 4.78 is 0. The van der Waals surface area contributed by atoms with E-state index in [1.54, 1.807) is 0 Å². The zero-order chi connectivity index (χ0) is 15.3. The molecule has 1 aromatic carbocycles. The van der Waals surface area contributed by atoms with Crippen LogP contribution in [0.15, 0.2) is 29.3 Å². The first-order valence-electron chi connectivity index (χ1n) is 6.66.